The van der Waals surface area contributed by atoms with Crippen molar-refractivity contribution in [1.82, 2.24) is 15.2 Å². The molecule has 1 atom stereocenters. The molecule has 2 heterocycles. The van der Waals surface area contributed by atoms with Crippen LogP contribution in [0.5, 0.6) is 11.5 Å². The maximum absolute atomic E-state index is 13.1. The molecule has 0 aliphatic carbocycles. The van der Waals surface area contributed by atoms with Crippen LogP contribution in [0.1, 0.15) is 22.8 Å². The highest BCUT2D eigenvalue weighted by atomic mass is 32.2. The predicted molar refractivity (Wildman–Crippen MR) is 132 cm³/mol. The standard InChI is InChI=1S/C26H20N4O4S/c1-14(25(34)17-6-11-21-18(12-17)13-22(33)27-21)35-26-28-23(15-2-7-19(31)8-3-15)24(29-30-26)16-4-9-20(32)10-5-16/h2-12,14,31-32H,13H2,1H3,(H,27,33). The number of thioether (sulfide) groups is 1. The van der Waals surface area contributed by atoms with Gasteiger partial charge in [-0.15, -0.1) is 10.2 Å². The zero-order chi connectivity index (χ0) is 24.5. The molecule has 1 aromatic heterocycles. The molecule has 0 saturated heterocycles. The Morgan fingerprint density at radius 2 is 1.54 bits per heavy atom. The van der Waals surface area contributed by atoms with Crippen LogP contribution in [-0.4, -0.2) is 42.3 Å². The van der Waals surface area contributed by atoms with Crippen LogP contribution in [0.2, 0.25) is 0 Å². The lowest BCUT2D eigenvalue weighted by Gasteiger charge is -2.13. The quantitative estimate of drug-likeness (QED) is 0.270. The van der Waals surface area contributed by atoms with Gasteiger partial charge in [-0.1, -0.05) is 11.8 Å². The Hall–Kier alpha value is -4.24. The molecule has 35 heavy (non-hydrogen) atoms. The Labute approximate surface area is 205 Å². The number of hydrogen-bond donors (Lipinski definition) is 3. The SMILES string of the molecule is CC(Sc1nnc(-c2ccc(O)cc2)c(-c2ccc(O)cc2)n1)C(=O)c1ccc2c(c1)CC(=O)N2. The number of benzene rings is 3. The first-order valence-electron chi connectivity index (χ1n) is 10.8. The molecule has 3 N–H and O–H groups in total. The monoisotopic (exact) mass is 484 g/mol. The minimum absolute atomic E-state index is 0.0815. The number of fused-ring (bicyclic) bond motifs is 1. The van der Waals surface area contributed by atoms with Crippen molar-refractivity contribution >= 4 is 29.1 Å². The summed E-state index contributed by atoms with van der Waals surface area (Å²) in [6.07, 6.45) is 0.264. The van der Waals surface area contributed by atoms with Crippen molar-refractivity contribution in [3.63, 3.8) is 0 Å². The van der Waals surface area contributed by atoms with Crippen molar-refractivity contribution in [3.05, 3.63) is 77.9 Å². The maximum Gasteiger partial charge on any atom is 0.228 e. The number of nitrogens with one attached hydrogen (secondary N) is 1. The fraction of sp³-hybridized carbons (Fsp3) is 0.115. The van der Waals surface area contributed by atoms with Crippen molar-refractivity contribution in [2.45, 2.75) is 23.8 Å². The number of phenols is 2. The molecule has 3 aromatic carbocycles. The van der Waals surface area contributed by atoms with Crippen molar-refractivity contribution in [2.75, 3.05) is 5.32 Å². The summed E-state index contributed by atoms with van der Waals surface area (Å²) in [6.45, 7) is 1.78. The van der Waals surface area contributed by atoms with Crippen LogP contribution in [0.25, 0.3) is 22.5 Å². The van der Waals surface area contributed by atoms with Crippen LogP contribution in [0, 0.1) is 0 Å². The van der Waals surface area contributed by atoms with Crippen LogP contribution < -0.4 is 5.32 Å². The van der Waals surface area contributed by atoms with Crippen molar-refractivity contribution in [2.24, 2.45) is 0 Å². The molecule has 0 radical (unpaired) electrons. The third-order valence-electron chi connectivity index (χ3n) is 5.62. The van der Waals surface area contributed by atoms with Crippen LogP contribution in [0.4, 0.5) is 5.69 Å². The molecule has 0 bridgehead atoms. The minimum Gasteiger partial charge on any atom is -0.508 e. The lowest BCUT2D eigenvalue weighted by molar-refractivity contribution is -0.115. The number of rotatable bonds is 6. The molecule has 174 valence electrons. The molecule has 5 rings (SSSR count). The van der Waals surface area contributed by atoms with Crippen molar-refractivity contribution in [1.29, 1.82) is 0 Å². The Morgan fingerprint density at radius 3 is 2.20 bits per heavy atom. The molecule has 8 nitrogen and oxygen atoms in total. The van der Waals surface area contributed by atoms with Crippen LogP contribution in [-0.2, 0) is 11.2 Å². The van der Waals surface area contributed by atoms with E-state index in [2.05, 4.69) is 15.5 Å². The second kappa shape index (κ2) is 9.19. The van der Waals surface area contributed by atoms with Crippen LogP contribution in [0.3, 0.4) is 0 Å². The lowest BCUT2D eigenvalue weighted by atomic mass is 10.0. The van der Waals surface area contributed by atoms with Crippen LogP contribution in [0.15, 0.2) is 71.9 Å². The average molecular weight is 485 g/mol. The van der Waals surface area contributed by atoms with Gasteiger partial charge in [-0.05, 0) is 79.2 Å². The molecular weight excluding hydrogens is 464 g/mol. The van der Waals surface area contributed by atoms with E-state index in [0.717, 1.165) is 16.8 Å². The fourth-order valence-electron chi connectivity index (χ4n) is 3.82. The highest BCUT2D eigenvalue weighted by Crippen LogP contribution is 2.33. The van der Waals surface area contributed by atoms with Gasteiger partial charge in [0, 0.05) is 22.4 Å². The number of amides is 1. The molecule has 9 heteroatoms. The second-order valence-corrected chi connectivity index (χ2v) is 9.41. The molecule has 0 spiro atoms. The third kappa shape index (κ3) is 4.71. The number of aromatic nitrogens is 3. The summed E-state index contributed by atoms with van der Waals surface area (Å²) < 4.78 is 0. The van der Waals surface area contributed by atoms with Gasteiger partial charge in [0.2, 0.25) is 11.1 Å². The largest absolute Gasteiger partial charge is 0.508 e. The van der Waals surface area contributed by atoms with Gasteiger partial charge in [0.15, 0.2) is 5.78 Å². The lowest BCUT2D eigenvalue weighted by Crippen LogP contribution is -2.14. The van der Waals surface area contributed by atoms with Crippen LogP contribution >= 0.6 is 11.8 Å². The van der Waals surface area contributed by atoms with Gasteiger partial charge in [0.25, 0.3) is 0 Å². The Bertz CT molecular complexity index is 1440. The zero-order valence-corrected chi connectivity index (χ0v) is 19.4. The van der Waals surface area contributed by atoms with E-state index in [-0.39, 0.29) is 29.6 Å². The maximum atomic E-state index is 13.1. The molecule has 4 aromatic rings. The average Bonchev–Trinajstić information content (AvgIpc) is 3.24. The summed E-state index contributed by atoms with van der Waals surface area (Å²) in [4.78, 5) is 29.4. The van der Waals surface area contributed by atoms with Gasteiger partial charge in [0.1, 0.15) is 22.9 Å². The summed E-state index contributed by atoms with van der Waals surface area (Å²) >= 11 is 1.19. The molecule has 0 fully saturated rings. The van der Waals surface area contributed by atoms with Crippen molar-refractivity contribution < 1.29 is 19.8 Å². The minimum atomic E-state index is -0.493. The molecule has 1 aliphatic rings. The van der Waals surface area contributed by atoms with E-state index in [1.165, 1.54) is 11.8 Å². The second-order valence-electron chi connectivity index (χ2n) is 8.11. The Balaban J connectivity index is 1.45. The van der Waals surface area contributed by atoms with Gasteiger partial charge in [0.05, 0.1) is 11.7 Å². The van der Waals surface area contributed by atoms with E-state index >= 15 is 0 Å². The summed E-state index contributed by atoms with van der Waals surface area (Å²) in [5, 5.41) is 30.6. The predicted octanol–water partition coefficient (Wildman–Crippen LogP) is 4.47. The summed E-state index contributed by atoms with van der Waals surface area (Å²) in [5.74, 6) is 0.0746. The van der Waals surface area contributed by atoms with Crippen molar-refractivity contribution in [3.8, 4) is 34.0 Å². The van der Waals surface area contributed by atoms with Gasteiger partial charge < -0.3 is 15.5 Å². The molecule has 1 amide bonds. The number of anilines is 1. The first kappa shape index (κ1) is 22.5. The topological polar surface area (TPSA) is 125 Å². The molecular formula is C26H20N4O4S. The summed E-state index contributed by atoms with van der Waals surface area (Å²) in [6, 6.07) is 18.3. The normalized spacial score (nSPS) is 13.2. The highest BCUT2D eigenvalue weighted by molar-refractivity contribution is 8.00. The van der Waals surface area contributed by atoms with Gasteiger partial charge in [-0.25, -0.2) is 4.98 Å². The number of Topliss-reactive ketones (excluding diaryl/α,β-unsaturated/α-hetero) is 1. The molecule has 1 aliphatic heterocycles. The van der Waals surface area contributed by atoms with E-state index in [1.54, 1.807) is 73.7 Å². The zero-order valence-electron chi connectivity index (χ0n) is 18.6. The Morgan fingerprint density at radius 1 is 0.914 bits per heavy atom. The number of aromatic hydroxyl groups is 2. The number of hydrogen-bond acceptors (Lipinski definition) is 8. The third-order valence-corrected chi connectivity index (χ3v) is 6.57. The molecule has 0 saturated carbocycles. The number of carbonyl (C=O) groups excluding carboxylic acids is 2. The van der Waals surface area contributed by atoms with E-state index in [1.807, 2.05) is 0 Å². The van der Waals surface area contributed by atoms with Gasteiger partial charge >= 0.3 is 0 Å². The molecule has 1 unspecified atom stereocenters. The Kier molecular flexibility index (Phi) is 5.92. The number of ketones is 1. The van der Waals surface area contributed by atoms with Gasteiger partial charge in [-0.3, -0.25) is 9.59 Å². The fourth-order valence-corrected chi connectivity index (χ4v) is 4.62. The van der Waals surface area contributed by atoms with Gasteiger partial charge in [-0.2, -0.15) is 0 Å². The van der Waals surface area contributed by atoms with E-state index in [0.29, 0.717) is 27.7 Å². The van der Waals surface area contributed by atoms with E-state index < -0.39 is 5.25 Å². The summed E-state index contributed by atoms with van der Waals surface area (Å²) in [7, 11) is 0. The van der Waals surface area contributed by atoms with E-state index in [9.17, 15) is 19.8 Å². The number of phenolic OH excluding ortho intramolecular Hbond substituents is 2. The first-order valence-corrected chi connectivity index (χ1v) is 11.7. The number of nitrogens with zero attached hydrogens (tertiary/aromatic N) is 3. The summed E-state index contributed by atoms with van der Waals surface area (Å²) in [5.41, 5.74) is 4.55. The van der Waals surface area contributed by atoms with E-state index in [4.69, 9.17) is 4.98 Å². The highest BCUT2D eigenvalue weighted by Gasteiger charge is 2.23. The number of carbonyl (C=O) groups is 2. The smallest absolute Gasteiger partial charge is 0.228 e. The first-order chi connectivity index (χ1) is 16.9.